The predicted molar refractivity (Wildman–Crippen MR) is 107 cm³/mol. The van der Waals surface area contributed by atoms with Crippen LogP contribution in [-0.2, 0) is 14.9 Å². The molecule has 0 radical (unpaired) electrons. The third kappa shape index (κ3) is 3.39. The van der Waals surface area contributed by atoms with Crippen molar-refractivity contribution in [3.05, 3.63) is 83.9 Å². The highest BCUT2D eigenvalue weighted by molar-refractivity contribution is 6.01. The Morgan fingerprint density at radius 3 is 2.43 bits per heavy atom. The van der Waals surface area contributed by atoms with Crippen LogP contribution in [0.1, 0.15) is 28.8 Å². The maximum absolute atomic E-state index is 12.9. The smallest absolute Gasteiger partial charge is 0.337 e. The van der Waals surface area contributed by atoms with Gasteiger partial charge in [-0.25, -0.2) is 9.78 Å². The number of carbonyl (C=O) groups excluding carboxylic acids is 2. The topological polar surface area (TPSA) is 68.3 Å². The van der Waals surface area contributed by atoms with E-state index in [1.807, 2.05) is 48.5 Å². The fraction of sp³-hybridized carbons (Fsp3) is 0.174. The first-order valence-corrected chi connectivity index (χ1v) is 9.15. The van der Waals surface area contributed by atoms with Gasteiger partial charge in [-0.2, -0.15) is 0 Å². The molecule has 1 N–H and O–H groups in total. The van der Waals surface area contributed by atoms with Crippen LogP contribution in [0.15, 0.2) is 72.8 Å². The van der Waals surface area contributed by atoms with Gasteiger partial charge in [-0.15, -0.1) is 0 Å². The van der Waals surface area contributed by atoms with Crippen LogP contribution in [0.3, 0.4) is 0 Å². The molecule has 0 unspecified atom stereocenters. The van der Waals surface area contributed by atoms with E-state index >= 15 is 0 Å². The van der Waals surface area contributed by atoms with Gasteiger partial charge in [0.25, 0.3) is 0 Å². The highest BCUT2D eigenvalue weighted by atomic mass is 16.5. The minimum Gasteiger partial charge on any atom is -0.465 e. The lowest BCUT2D eigenvalue weighted by atomic mass is 9.95. The van der Waals surface area contributed by atoms with Gasteiger partial charge in [0, 0.05) is 5.56 Å². The summed E-state index contributed by atoms with van der Waals surface area (Å²) in [4.78, 5) is 29.2. The SMILES string of the molecule is COC(=O)c1cccc(-c2cccc(NC(=O)C3(c4ccccc4)CC3)n2)c1. The molecule has 5 heteroatoms. The Bertz CT molecular complexity index is 1030. The molecule has 4 rings (SSSR count). The Kier molecular flexibility index (Phi) is 4.65. The number of anilines is 1. The second-order valence-corrected chi connectivity index (χ2v) is 6.88. The number of pyridine rings is 1. The number of nitrogens with one attached hydrogen (secondary N) is 1. The summed E-state index contributed by atoms with van der Waals surface area (Å²) in [6, 6.07) is 22.4. The first-order chi connectivity index (χ1) is 13.6. The maximum Gasteiger partial charge on any atom is 0.337 e. The minimum absolute atomic E-state index is 0.0355. The molecule has 1 aliphatic carbocycles. The lowest BCUT2D eigenvalue weighted by Crippen LogP contribution is -2.28. The summed E-state index contributed by atoms with van der Waals surface area (Å²) < 4.78 is 4.77. The third-order valence-electron chi connectivity index (χ3n) is 5.08. The molecule has 1 fully saturated rings. The number of methoxy groups -OCH3 is 1. The van der Waals surface area contributed by atoms with Crippen LogP contribution in [-0.4, -0.2) is 24.0 Å². The van der Waals surface area contributed by atoms with Crippen LogP contribution >= 0.6 is 0 Å². The first kappa shape index (κ1) is 17.9. The zero-order valence-electron chi connectivity index (χ0n) is 15.5. The zero-order valence-corrected chi connectivity index (χ0v) is 15.5. The zero-order chi connectivity index (χ0) is 19.6. The van der Waals surface area contributed by atoms with Gasteiger partial charge in [0.1, 0.15) is 5.82 Å². The second-order valence-electron chi connectivity index (χ2n) is 6.88. The Hall–Kier alpha value is -3.47. The number of hydrogen-bond acceptors (Lipinski definition) is 4. The Labute approximate surface area is 163 Å². The Balaban J connectivity index is 1.57. The van der Waals surface area contributed by atoms with E-state index in [2.05, 4.69) is 10.3 Å². The molecule has 1 aromatic heterocycles. The van der Waals surface area contributed by atoms with Crippen molar-refractivity contribution < 1.29 is 14.3 Å². The standard InChI is InChI=1S/C23H20N2O3/c1-28-21(26)17-8-5-7-16(15-17)19-11-6-12-20(24-19)25-22(27)23(13-14-23)18-9-3-2-4-10-18/h2-12,15H,13-14H2,1H3,(H,24,25,27). The van der Waals surface area contributed by atoms with Gasteiger partial charge in [0.2, 0.25) is 5.91 Å². The van der Waals surface area contributed by atoms with E-state index in [1.54, 1.807) is 24.3 Å². The Morgan fingerprint density at radius 1 is 0.964 bits per heavy atom. The average molecular weight is 372 g/mol. The number of rotatable bonds is 5. The number of benzene rings is 2. The summed E-state index contributed by atoms with van der Waals surface area (Å²) in [6.45, 7) is 0. The number of aromatic nitrogens is 1. The number of ether oxygens (including phenoxy) is 1. The fourth-order valence-corrected chi connectivity index (χ4v) is 3.35. The van der Waals surface area contributed by atoms with Gasteiger partial charge in [-0.05, 0) is 42.7 Å². The van der Waals surface area contributed by atoms with E-state index in [1.165, 1.54) is 7.11 Å². The molecular formula is C23H20N2O3. The van der Waals surface area contributed by atoms with E-state index in [-0.39, 0.29) is 5.91 Å². The quantitative estimate of drug-likeness (QED) is 0.682. The van der Waals surface area contributed by atoms with Gasteiger partial charge < -0.3 is 10.1 Å². The van der Waals surface area contributed by atoms with E-state index in [0.29, 0.717) is 17.1 Å². The highest BCUT2D eigenvalue weighted by Crippen LogP contribution is 2.48. The normalized spacial score (nSPS) is 14.2. The summed E-state index contributed by atoms with van der Waals surface area (Å²) in [5, 5.41) is 2.96. The van der Waals surface area contributed by atoms with Crippen LogP contribution in [0.25, 0.3) is 11.3 Å². The molecule has 140 valence electrons. The molecule has 1 amide bonds. The summed E-state index contributed by atoms with van der Waals surface area (Å²) in [5.41, 5.74) is 2.49. The van der Waals surface area contributed by atoms with Gasteiger partial charge in [0.15, 0.2) is 0 Å². The average Bonchev–Trinajstić information content (AvgIpc) is 3.56. The van der Waals surface area contributed by atoms with Gasteiger partial charge in [-0.1, -0.05) is 48.5 Å². The van der Waals surface area contributed by atoms with Crippen molar-refractivity contribution in [3.63, 3.8) is 0 Å². The van der Waals surface area contributed by atoms with E-state index in [9.17, 15) is 9.59 Å². The molecule has 5 nitrogen and oxygen atoms in total. The summed E-state index contributed by atoms with van der Waals surface area (Å²) in [6.07, 6.45) is 1.67. The number of esters is 1. The lowest BCUT2D eigenvalue weighted by Gasteiger charge is -2.15. The minimum atomic E-state index is -0.455. The molecule has 0 bridgehead atoms. The maximum atomic E-state index is 12.9. The highest BCUT2D eigenvalue weighted by Gasteiger charge is 2.51. The molecule has 0 spiro atoms. The van der Waals surface area contributed by atoms with E-state index in [0.717, 1.165) is 24.0 Å². The van der Waals surface area contributed by atoms with Crippen molar-refractivity contribution >= 4 is 17.7 Å². The van der Waals surface area contributed by atoms with Gasteiger partial charge in [-0.3, -0.25) is 4.79 Å². The second kappa shape index (κ2) is 7.27. The van der Waals surface area contributed by atoms with Crippen LogP contribution in [0.4, 0.5) is 5.82 Å². The van der Waals surface area contributed by atoms with Crippen molar-refractivity contribution in [3.8, 4) is 11.3 Å². The molecule has 0 atom stereocenters. The van der Waals surface area contributed by atoms with Gasteiger partial charge in [0.05, 0.1) is 23.8 Å². The number of amides is 1. The number of carbonyl (C=O) groups is 2. The first-order valence-electron chi connectivity index (χ1n) is 9.15. The van der Waals surface area contributed by atoms with Crippen LogP contribution < -0.4 is 5.32 Å². The van der Waals surface area contributed by atoms with Crippen molar-refractivity contribution in [1.29, 1.82) is 0 Å². The third-order valence-corrected chi connectivity index (χ3v) is 5.08. The van der Waals surface area contributed by atoms with Crippen molar-refractivity contribution in [2.45, 2.75) is 18.3 Å². The molecular weight excluding hydrogens is 352 g/mol. The van der Waals surface area contributed by atoms with Gasteiger partial charge >= 0.3 is 5.97 Å². The molecule has 1 saturated carbocycles. The van der Waals surface area contributed by atoms with Crippen LogP contribution in [0.5, 0.6) is 0 Å². The van der Waals surface area contributed by atoms with Crippen molar-refractivity contribution in [2.75, 3.05) is 12.4 Å². The fourth-order valence-electron chi connectivity index (χ4n) is 3.35. The van der Waals surface area contributed by atoms with E-state index in [4.69, 9.17) is 4.74 Å². The molecule has 2 aromatic carbocycles. The number of nitrogens with zero attached hydrogens (tertiary/aromatic N) is 1. The predicted octanol–water partition coefficient (Wildman–Crippen LogP) is 4.21. The van der Waals surface area contributed by atoms with Crippen LogP contribution in [0.2, 0.25) is 0 Å². The molecule has 3 aromatic rings. The molecule has 1 aliphatic rings. The summed E-state index contributed by atoms with van der Waals surface area (Å²) >= 11 is 0. The molecule has 1 heterocycles. The lowest BCUT2D eigenvalue weighted by molar-refractivity contribution is -0.118. The monoisotopic (exact) mass is 372 g/mol. The summed E-state index contributed by atoms with van der Waals surface area (Å²) in [7, 11) is 1.35. The molecule has 0 aliphatic heterocycles. The number of hydrogen-bond donors (Lipinski definition) is 1. The van der Waals surface area contributed by atoms with Crippen molar-refractivity contribution in [2.24, 2.45) is 0 Å². The molecule has 0 saturated heterocycles. The Morgan fingerprint density at radius 2 is 1.71 bits per heavy atom. The molecule has 28 heavy (non-hydrogen) atoms. The van der Waals surface area contributed by atoms with Crippen molar-refractivity contribution in [1.82, 2.24) is 4.98 Å². The summed E-state index contributed by atoms with van der Waals surface area (Å²) in [5.74, 6) is 0.0599. The largest absolute Gasteiger partial charge is 0.465 e. The van der Waals surface area contributed by atoms with Crippen LogP contribution in [0, 0.1) is 0 Å². The van der Waals surface area contributed by atoms with E-state index < -0.39 is 11.4 Å².